The zero-order chi connectivity index (χ0) is 12.9. The number of nitrogens with one attached hydrogen (secondary N) is 1. The summed E-state index contributed by atoms with van der Waals surface area (Å²) in [4.78, 5) is 0. The molecule has 0 spiro atoms. The molecular weight excluding hydrogens is 271 g/mol. The van der Waals surface area contributed by atoms with E-state index in [0.29, 0.717) is 0 Å². The standard InChI is InChI=1S/C9H19N2OS.C4H10.K/c1-10-8(7-13)11-9-5-3-2-4-6-12-9;1-3-4-2;/h8-10,13H,2-7H2,1H3;3-4H2,1-2H3;/q-1;;+1. The van der Waals surface area contributed by atoms with Crippen LogP contribution in [0.15, 0.2) is 0 Å². The van der Waals surface area contributed by atoms with Crippen molar-refractivity contribution >= 4 is 12.6 Å². The molecule has 18 heavy (non-hydrogen) atoms. The minimum atomic E-state index is 0. The number of hydrogen-bond acceptors (Lipinski definition) is 3. The maximum Gasteiger partial charge on any atom is 1.00 e. The fourth-order valence-corrected chi connectivity index (χ4v) is 1.71. The SMILES string of the molecule is CCCC.CNC(CS)[N-]C1CCCCCO1.[K+]. The third-order valence-electron chi connectivity index (χ3n) is 2.76. The molecule has 0 aromatic rings. The molecule has 1 heterocycles. The summed E-state index contributed by atoms with van der Waals surface area (Å²) in [5.74, 6) is 0.732. The fraction of sp³-hybridized carbons (Fsp3) is 1.00. The maximum atomic E-state index is 5.60. The Morgan fingerprint density at radius 3 is 2.44 bits per heavy atom. The van der Waals surface area contributed by atoms with Crippen molar-refractivity contribution in [3.8, 4) is 0 Å². The van der Waals surface area contributed by atoms with E-state index >= 15 is 0 Å². The third-order valence-corrected chi connectivity index (χ3v) is 3.10. The van der Waals surface area contributed by atoms with Crippen molar-refractivity contribution in [1.29, 1.82) is 0 Å². The van der Waals surface area contributed by atoms with E-state index in [4.69, 9.17) is 4.74 Å². The molecule has 5 heteroatoms. The largest absolute Gasteiger partial charge is 1.00 e. The summed E-state index contributed by atoms with van der Waals surface area (Å²) in [5, 5.41) is 7.62. The summed E-state index contributed by atoms with van der Waals surface area (Å²) in [6.45, 7) is 5.22. The predicted molar refractivity (Wildman–Crippen MR) is 78.8 cm³/mol. The molecule has 0 aromatic carbocycles. The molecule has 104 valence electrons. The Bertz CT molecular complexity index is 150. The summed E-state index contributed by atoms with van der Waals surface area (Å²) in [7, 11) is 1.90. The Hall–Kier alpha value is 1.87. The molecule has 3 nitrogen and oxygen atoms in total. The van der Waals surface area contributed by atoms with Crippen LogP contribution in [0.25, 0.3) is 5.32 Å². The van der Waals surface area contributed by atoms with Crippen LogP contribution in [0, 0.1) is 0 Å². The molecule has 1 fully saturated rings. The molecule has 2 atom stereocenters. The van der Waals surface area contributed by atoms with Crippen LogP contribution >= 0.6 is 12.6 Å². The van der Waals surface area contributed by atoms with Gasteiger partial charge in [-0.2, -0.15) is 12.6 Å². The van der Waals surface area contributed by atoms with Gasteiger partial charge in [0.25, 0.3) is 0 Å². The Kier molecular flexibility index (Phi) is 20.8. The first-order valence-corrected chi connectivity index (χ1v) is 7.51. The first kappa shape index (κ1) is 22.2. The molecular formula is C13H29KN2OS. The molecule has 1 aliphatic heterocycles. The fourth-order valence-electron chi connectivity index (χ4n) is 1.43. The van der Waals surface area contributed by atoms with Crippen molar-refractivity contribution in [3.05, 3.63) is 5.32 Å². The molecule has 0 radical (unpaired) electrons. The van der Waals surface area contributed by atoms with E-state index in [-0.39, 0.29) is 63.8 Å². The van der Waals surface area contributed by atoms with Crippen LogP contribution in [0.1, 0.15) is 52.4 Å². The van der Waals surface area contributed by atoms with Crippen molar-refractivity contribution in [3.63, 3.8) is 0 Å². The number of unbranched alkanes of at least 4 members (excludes halogenated alkanes) is 1. The number of ether oxygens (including phenoxy) is 1. The van der Waals surface area contributed by atoms with Gasteiger partial charge in [0.1, 0.15) is 0 Å². The van der Waals surface area contributed by atoms with Gasteiger partial charge in [-0.1, -0.05) is 45.7 Å². The minimum absolute atomic E-state index is 0. The Morgan fingerprint density at radius 1 is 1.28 bits per heavy atom. The second-order valence-electron chi connectivity index (χ2n) is 4.31. The number of nitrogens with zero attached hydrogens (tertiary/aromatic N) is 1. The molecule has 0 amide bonds. The normalized spacial score (nSPS) is 21.0. The second kappa shape index (κ2) is 16.9. The average Bonchev–Trinajstić information content (AvgIpc) is 2.64. The molecule has 1 saturated heterocycles. The monoisotopic (exact) mass is 300 g/mol. The van der Waals surface area contributed by atoms with Crippen molar-refractivity contribution in [2.24, 2.45) is 0 Å². The van der Waals surface area contributed by atoms with Crippen molar-refractivity contribution in [2.75, 3.05) is 19.4 Å². The molecule has 1 N–H and O–H groups in total. The molecule has 2 unspecified atom stereocenters. The van der Waals surface area contributed by atoms with E-state index in [1.165, 1.54) is 32.1 Å². The van der Waals surface area contributed by atoms with Gasteiger partial charge in [-0.3, -0.25) is 0 Å². The molecule has 1 rings (SSSR count). The van der Waals surface area contributed by atoms with E-state index in [1.807, 2.05) is 7.05 Å². The molecule has 0 aromatic heterocycles. The van der Waals surface area contributed by atoms with Gasteiger partial charge in [0.2, 0.25) is 0 Å². The minimum Gasteiger partial charge on any atom is -0.621 e. The van der Waals surface area contributed by atoms with Gasteiger partial charge >= 0.3 is 51.4 Å². The van der Waals surface area contributed by atoms with Gasteiger partial charge in [0, 0.05) is 6.61 Å². The van der Waals surface area contributed by atoms with E-state index in [9.17, 15) is 0 Å². The van der Waals surface area contributed by atoms with Crippen molar-refractivity contribution in [1.82, 2.24) is 5.32 Å². The zero-order valence-electron chi connectivity index (χ0n) is 12.6. The van der Waals surface area contributed by atoms with E-state index in [1.54, 1.807) is 0 Å². The Balaban J connectivity index is 0. The molecule has 0 bridgehead atoms. The van der Waals surface area contributed by atoms with Gasteiger partial charge in [-0.25, -0.2) is 0 Å². The topological polar surface area (TPSA) is 35.4 Å². The van der Waals surface area contributed by atoms with Crippen LogP contribution in [-0.4, -0.2) is 31.8 Å². The number of rotatable bonds is 5. The summed E-state index contributed by atoms with van der Waals surface area (Å²) in [6.07, 6.45) is 7.61. The summed E-state index contributed by atoms with van der Waals surface area (Å²) >= 11 is 4.21. The molecule has 1 aliphatic rings. The van der Waals surface area contributed by atoms with Crippen LogP contribution in [0.3, 0.4) is 0 Å². The van der Waals surface area contributed by atoms with E-state index in [0.717, 1.165) is 18.8 Å². The van der Waals surface area contributed by atoms with Crippen LogP contribution < -0.4 is 56.7 Å². The van der Waals surface area contributed by atoms with Crippen LogP contribution in [0.4, 0.5) is 0 Å². The summed E-state index contributed by atoms with van der Waals surface area (Å²) in [6, 6.07) is 0. The third kappa shape index (κ3) is 12.9. The quantitative estimate of drug-likeness (QED) is 0.575. The first-order chi connectivity index (χ1) is 8.28. The van der Waals surface area contributed by atoms with Gasteiger partial charge in [0.15, 0.2) is 0 Å². The Morgan fingerprint density at radius 2 is 1.94 bits per heavy atom. The van der Waals surface area contributed by atoms with Crippen LogP contribution in [0.5, 0.6) is 0 Å². The smallest absolute Gasteiger partial charge is 0.621 e. The second-order valence-corrected chi connectivity index (χ2v) is 4.68. The van der Waals surface area contributed by atoms with Crippen molar-refractivity contribution < 1.29 is 56.1 Å². The zero-order valence-corrected chi connectivity index (χ0v) is 16.6. The predicted octanol–water partition coefficient (Wildman–Crippen LogP) is 0.563. The number of thiol groups is 1. The maximum absolute atomic E-state index is 5.60. The van der Waals surface area contributed by atoms with Gasteiger partial charge < -0.3 is 15.4 Å². The number of hydrogen-bond donors (Lipinski definition) is 2. The van der Waals surface area contributed by atoms with Gasteiger partial charge in [-0.15, -0.1) is 0 Å². The van der Waals surface area contributed by atoms with Crippen molar-refractivity contribution in [2.45, 2.75) is 64.8 Å². The van der Waals surface area contributed by atoms with Crippen LogP contribution in [-0.2, 0) is 4.74 Å². The summed E-state index contributed by atoms with van der Waals surface area (Å²) in [5.41, 5.74) is 0. The summed E-state index contributed by atoms with van der Waals surface area (Å²) < 4.78 is 5.60. The van der Waals surface area contributed by atoms with Gasteiger partial charge in [-0.05, 0) is 31.9 Å². The van der Waals surface area contributed by atoms with Gasteiger partial charge in [0.05, 0.1) is 0 Å². The molecule has 0 saturated carbocycles. The van der Waals surface area contributed by atoms with E-state index < -0.39 is 0 Å². The van der Waals surface area contributed by atoms with E-state index in [2.05, 4.69) is 37.1 Å². The first-order valence-electron chi connectivity index (χ1n) is 6.88. The Labute approximate surface area is 161 Å². The molecule has 0 aliphatic carbocycles. The van der Waals surface area contributed by atoms with Crippen LogP contribution in [0.2, 0.25) is 0 Å². The average molecular weight is 301 g/mol.